The first-order valence-corrected chi connectivity index (χ1v) is 11.0. The van der Waals surface area contributed by atoms with Gasteiger partial charge in [-0.3, -0.25) is 0 Å². The Morgan fingerprint density at radius 1 is 0.912 bits per heavy atom. The number of hydrogen-bond acceptors (Lipinski definition) is 8. The van der Waals surface area contributed by atoms with E-state index in [1.807, 2.05) is 0 Å². The molecule has 8 nitrogen and oxygen atoms in total. The van der Waals surface area contributed by atoms with Gasteiger partial charge in [-0.05, 0) is 50.2 Å². The highest BCUT2D eigenvalue weighted by molar-refractivity contribution is 7.88. The topological polar surface area (TPSA) is 116 Å². The summed E-state index contributed by atoms with van der Waals surface area (Å²) in [6.45, 7) is 3.70. The van der Waals surface area contributed by atoms with Crippen molar-refractivity contribution in [1.82, 2.24) is 0 Å². The summed E-state index contributed by atoms with van der Waals surface area (Å²) in [7, 11) is -5.82. The fraction of sp³-hybridized carbons (Fsp3) is 0.300. The minimum Gasteiger partial charge on any atom is -0.506 e. The van der Waals surface area contributed by atoms with Crippen LogP contribution in [0.25, 0.3) is 0 Å². The molecule has 0 heterocycles. The molecule has 0 bridgehead atoms. The van der Waals surface area contributed by atoms with Gasteiger partial charge in [-0.2, -0.15) is 21.6 Å². The first-order chi connectivity index (χ1) is 15.2. The van der Waals surface area contributed by atoms with Crippen molar-refractivity contribution in [2.45, 2.75) is 26.8 Å². The minimum absolute atomic E-state index is 0. The maximum absolute atomic E-state index is 12.1. The normalized spacial score (nSPS) is 10.8. The predicted octanol–water partition coefficient (Wildman–Crippen LogP) is 5.60. The summed E-state index contributed by atoms with van der Waals surface area (Å²) in [4.78, 5) is 22.5. The van der Waals surface area contributed by atoms with E-state index in [4.69, 9.17) is 33.0 Å². The quantitative estimate of drug-likeness (QED) is 0.281. The fourth-order valence-corrected chi connectivity index (χ4v) is 2.85. The lowest BCUT2D eigenvalue weighted by atomic mass is 10.2. The number of phenolic OH excluding ortho intramolecular Hbond substituents is 1. The zero-order valence-electron chi connectivity index (χ0n) is 17.0. The van der Waals surface area contributed by atoms with Gasteiger partial charge in [-0.25, -0.2) is 9.59 Å². The van der Waals surface area contributed by atoms with Gasteiger partial charge < -0.3 is 18.8 Å². The number of halogens is 5. The number of esters is 2. The SMILES string of the molecule is C.CCOC(=O)c1ccc(O)c(Cl)c1.CCOC(=O)c1ccc(OS(=O)(=O)C(F)(F)F)c(Cl)c1. The molecule has 34 heavy (non-hydrogen) atoms. The number of carbonyl (C=O) groups excluding carboxylic acids is 2. The third-order valence-electron chi connectivity index (χ3n) is 3.38. The molecule has 0 atom stereocenters. The largest absolute Gasteiger partial charge is 0.534 e. The molecule has 0 aliphatic rings. The van der Waals surface area contributed by atoms with Crippen LogP contribution in [0.15, 0.2) is 36.4 Å². The smallest absolute Gasteiger partial charge is 0.506 e. The van der Waals surface area contributed by atoms with E-state index in [-0.39, 0.29) is 30.4 Å². The Bertz CT molecular complexity index is 1110. The van der Waals surface area contributed by atoms with Crippen molar-refractivity contribution in [2.24, 2.45) is 0 Å². The Morgan fingerprint density at radius 3 is 1.74 bits per heavy atom. The summed E-state index contributed by atoms with van der Waals surface area (Å²) >= 11 is 11.2. The Hall–Kier alpha value is -2.70. The Labute approximate surface area is 204 Å². The monoisotopic (exact) mass is 548 g/mol. The van der Waals surface area contributed by atoms with Crippen LogP contribution < -0.4 is 4.18 Å². The Kier molecular flexibility index (Phi) is 12.2. The van der Waals surface area contributed by atoms with Crippen LogP contribution in [-0.2, 0) is 19.6 Å². The lowest BCUT2D eigenvalue weighted by Gasteiger charge is -2.11. The molecular formula is C20H21Cl2F3O8S. The van der Waals surface area contributed by atoms with Crippen LogP contribution in [-0.4, -0.2) is 44.2 Å². The fourth-order valence-electron chi connectivity index (χ4n) is 1.92. The van der Waals surface area contributed by atoms with Crippen molar-refractivity contribution in [3.05, 3.63) is 57.6 Å². The van der Waals surface area contributed by atoms with Gasteiger partial charge in [0, 0.05) is 0 Å². The van der Waals surface area contributed by atoms with Gasteiger partial charge in [0.05, 0.1) is 34.4 Å². The summed E-state index contributed by atoms with van der Waals surface area (Å²) in [6.07, 6.45) is 0. The van der Waals surface area contributed by atoms with Gasteiger partial charge >= 0.3 is 27.6 Å². The number of benzene rings is 2. The molecule has 2 aromatic carbocycles. The average molecular weight is 549 g/mol. The molecule has 190 valence electrons. The number of hydrogen-bond donors (Lipinski definition) is 1. The van der Waals surface area contributed by atoms with Crippen molar-refractivity contribution in [3.8, 4) is 11.5 Å². The standard InChI is InChI=1S/C10H8ClF3O5S.C9H9ClO3.CH4/c1-2-18-9(15)6-3-4-8(7(11)5-6)19-20(16,17)10(12,13)14;1-2-13-9(12)6-3-4-8(11)7(10)5-6;/h3-5H,2H2,1H3;3-5,11H,2H2,1H3;1H4. The van der Waals surface area contributed by atoms with E-state index in [2.05, 4.69) is 8.92 Å². The molecule has 2 aromatic rings. The summed E-state index contributed by atoms with van der Waals surface area (Å²) in [6, 6.07) is 6.99. The molecule has 0 radical (unpaired) electrons. The maximum Gasteiger partial charge on any atom is 0.534 e. The number of ether oxygens (including phenoxy) is 2. The van der Waals surface area contributed by atoms with Crippen molar-refractivity contribution >= 4 is 45.3 Å². The van der Waals surface area contributed by atoms with E-state index < -0.39 is 38.3 Å². The van der Waals surface area contributed by atoms with Crippen LogP contribution in [0.3, 0.4) is 0 Å². The van der Waals surface area contributed by atoms with Gasteiger partial charge in [-0.1, -0.05) is 30.6 Å². The first-order valence-electron chi connectivity index (χ1n) is 8.86. The Morgan fingerprint density at radius 2 is 1.35 bits per heavy atom. The molecule has 0 fully saturated rings. The van der Waals surface area contributed by atoms with Crippen LogP contribution in [0.1, 0.15) is 42.0 Å². The number of phenols is 1. The molecule has 2 rings (SSSR count). The number of aromatic hydroxyl groups is 1. The second-order valence-corrected chi connectivity index (χ2v) is 8.09. The molecule has 0 saturated heterocycles. The van der Waals surface area contributed by atoms with Gasteiger partial charge in [-0.15, -0.1) is 0 Å². The number of rotatable bonds is 6. The highest BCUT2D eigenvalue weighted by Gasteiger charge is 2.48. The molecule has 0 aromatic heterocycles. The van der Waals surface area contributed by atoms with E-state index >= 15 is 0 Å². The lowest BCUT2D eigenvalue weighted by molar-refractivity contribution is -0.0500. The van der Waals surface area contributed by atoms with Crippen molar-refractivity contribution < 1.29 is 49.9 Å². The molecule has 0 unspecified atom stereocenters. The van der Waals surface area contributed by atoms with E-state index in [0.29, 0.717) is 12.2 Å². The van der Waals surface area contributed by atoms with Crippen molar-refractivity contribution in [3.63, 3.8) is 0 Å². The van der Waals surface area contributed by atoms with Crippen LogP contribution >= 0.6 is 23.2 Å². The first kappa shape index (κ1) is 31.3. The maximum atomic E-state index is 12.1. The molecule has 0 spiro atoms. The zero-order chi connectivity index (χ0) is 25.4. The molecular weight excluding hydrogens is 528 g/mol. The molecule has 0 aliphatic carbocycles. The van der Waals surface area contributed by atoms with E-state index in [0.717, 1.165) is 18.2 Å². The van der Waals surface area contributed by atoms with Crippen LogP contribution in [0.2, 0.25) is 10.0 Å². The molecule has 1 N–H and O–H groups in total. The number of carbonyl (C=O) groups is 2. The van der Waals surface area contributed by atoms with Gasteiger partial charge in [0.15, 0.2) is 5.75 Å². The molecule has 0 saturated carbocycles. The molecule has 0 aliphatic heterocycles. The van der Waals surface area contributed by atoms with E-state index in [9.17, 15) is 31.2 Å². The van der Waals surface area contributed by atoms with Crippen LogP contribution in [0.4, 0.5) is 13.2 Å². The van der Waals surface area contributed by atoms with Gasteiger partial charge in [0.1, 0.15) is 5.75 Å². The van der Waals surface area contributed by atoms with Crippen LogP contribution in [0, 0.1) is 0 Å². The third kappa shape index (κ3) is 8.92. The Balaban J connectivity index is 0.000000676. The summed E-state index contributed by atoms with van der Waals surface area (Å²) in [5, 5.41) is 8.75. The summed E-state index contributed by atoms with van der Waals surface area (Å²) in [5.41, 5.74) is -5.28. The highest BCUT2D eigenvalue weighted by atomic mass is 35.5. The van der Waals surface area contributed by atoms with Gasteiger partial charge in [0.2, 0.25) is 0 Å². The average Bonchev–Trinajstić information content (AvgIpc) is 2.71. The summed E-state index contributed by atoms with van der Waals surface area (Å²) in [5.74, 6) is -1.98. The second-order valence-electron chi connectivity index (χ2n) is 5.74. The van der Waals surface area contributed by atoms with E-state index in [1.54, 1.807) is 13.8 Å². The third-order valence-corrected chi connectivity index (χ3v) is 4.95. The zero-order valence-corrected chi connectivity index (χ0v) is 19.3. The minimum atomic E-state index is -5.82. The van der Waals surface area contributed by atoms with Gasteiger partial charge in [0.25, 0.3) is 0 Å². The second kappa shape index (κ2) is 13.3. The summed E-state index contributed by atoms with van der Waals surface area (Å²) < 4.78 is 71.2. The molecule has 0 amide bonds. The lowest BCUT2D eigenvalue weighted by Crippen LogP contribution is -2.28. The van der Waals surface area contributed by atoms with Crippen molar-refractivity contribution in [1.29, 1.82) is 0 Å². The van der Waals surface area contributed by atoms with E-state index in [1.165, 1.54) is 18.2 Å². The number of alkyl halides is 3. The van der Waals surface area contributed by atoms with Crippen LogP contribution in [0.5, 0.6) is 11.5 Å². The van der Waals surface area contributed by atoms with Crippen molar-refractivity contribution in [2.75, 3.05) is 13.2 Å². The highest BCUT2D eigenvalue weighted by Crippen LogP contribution is 2.32. The predicted molar refractivity (Wildman–Crippen MR) is 119 cm³/mol. The molecule has 14 heteroatoms.